The second-order valence-electron chi connectivity index (χ2n) is 7.14. The van der Waals surface area contributed by atoms with Gasteiger partial charge in [0.2, 0.25) is 0 Å². The molecule has 0 amide bonds. The Kier molecular flexibility index (Phi) is 8.86. The van der Waals surface area contributed by atoms with Gasteiger partial charge in [-0.25, -0.2) is 4.39 Å². The zero-order valence-electron chi connectivity index (χ0n) is 18.2. The third-order valence-corrected chi connectivity index (χ3v) is 4.87. The molecule has 2 aromatic carbocycles. The van der Waals surface area contributed by atoms with Gasteiger partial charge in [0.25, 0.3) is 0 Å². The van der Waals surface area contributed by atoms with Crippen LogP contribution in [0.25, 0.3) is 33.6 Å². The number of hydrogen-bond acceptors (Lipinski definition) is 3. The topological polar surface area (TPSA) is 38.7 Å². The molecule has 0 N–H and O–H groups in total. The number of aryl methyl sites for hydroxylation is 1. The van der Waals surface area contributed by atoms with E-state index in [4.69, 9.17) is 0 Å². The van der Waals surface area contributed by atoms with E-state index in [0.29, 0.717) is 5.69 Å². The van der Waals surface area contributed by atoms with Gasteiger partial charge in [-0.1, -0.05) is 23.8 Å². The molecule has 0 saturated heterocycles. The molecule has 5 aromatic rings. The molecule has 3 aromatic heterocycles. The van der Waals surface area contributed by atoms with Crippen LogP contribution in [0.1, 0.15) is 5.56 Å². The molecular formula is C28H19F2IrN3-2. The summed E-state index contributed by atoms with van der Waals surface area (Å²) in [6, 6.07) is 26.8. The van der Waals surface area contributed by atoms with Crippen LogP contribution >= 0.6 is 0 Å². The first-order chi connectivity index (χ1) is 16.1. The first-order valence-corrected chi connectivity index (χ1v) is 10.2. The quantitative estimate of drug-likeness (QED) is 0.208. The molecule has 0 aliphatic heterocycles. The molecule has 0 bridgehead atoms. The van der Waals surface area contributed by atoms with Gasteiger partial charge in [0.15, 0.2) is 0 Å². The van der Waals surface area contributed by atoms with Crippen LogP contribution in [-0.4, -0.2) is 15.0 Å². The zero-order chi connectivity index (χ0) is 23.0. The fourth-order valence-electron chi connectivity index (χ4n) is 3.24. The van der Waals surface area contributed by atoms with E-state index < -0.39 is 11.6 Å². The number of pyridine rings is 3. The zero-order valence-corrected chi connectivity index (χ0v) is 20.6. The van der Waals surface area contributed by atoms with Crippen molar-refractivity contribution in [3.63, 3.8) is 0 Å². The smallest absolute Gasteiger partial charge is 0.0407 e. The van der Waals surface area contributed by atoms with Crippen LogP contribution in [0.4, 0.5) is 8.78 Å². The summed E-state index contributed by atoms with van der Waals surface area (Å²) in [6.07, 6.45) is 6.83. The van der Waals surface area contributed by atoms with Crippen molar-refractivity contribution < 1.29 is 28.9 Å². The summed E-state index contributed by atoms with van der Waals surface area (Å²) in [5.74, 6) is -1.15. The van der Waals surface area contributed by atoms with Crippen molar-refractivity contribution in [3.8, 4) is 33.6 Å². The van der Waals surface area contributed by atoms with Crippen molar-refractivity contribution in [2.24, 2.45) is 0 Å². The number of halogens is 2. The van der Waals surface area contributed by atoms with Crippen LogP contribution in [0.3, 0.4) is 0 Å². The molecule has 0 aliphatic carbocycles. The summed E-state index contributed by atoms with van der Waals surface area (Å²) in [4.78, 5) is 12.4. The molecule has 0 spiro atoms. The molecule has 0 unspecified atom stereocenters. The average Bonchev–Trinajstić information content (AvgIpc) is 2.87. The molecule has 34 heavy (non-hydrogen) atoms. The predicted molar refractivity (Wildman–Crippen MR) is 125 cm³/mol. The molecule has 3 heterocycles. The van der Waals surface area contributed by atoms with Crippen LogP contribution in [0.15, 0.2) is 97.6 Å². The maximum absolute atomic E-state index is 13.8. The van der Waals surface area contributed by atoms with E-state index in [1.807, 2.05) is 61.5 Å². The summed E-state index contributed by atoms with van der Waals surface area (Å²) in [5, 5.41) is 0. The van der Waals surface area contributed by atoms with E-state index in [1.165, 1.54) is 0 Å². The van der Waals surface area contributed by atoms with Crippen molar-refractivity contribution in [3.05, 3.63) is 127 Å². The van der Waals surface area contributed by atoms with Gasteiger partial charge in [-0.05, 0) is 47.6 Å². The number of rotatable bonds is 3. The Morgan fingerprint density at radius 2 is 1.59 bits per heavy atom. The van der Waals surface area contributed by atoms with Crippen LogP contribution in [0.2, 0.25) is 0 Å². The fraction of sp³-hybridized carbons (Fsp3) is 0.0357. The van der Waals surface area contributed by atoms with E-state index >= 15 is 0 Å². The Labute approximate surface area is 210 Å². The van der Waals surface area contributed by atoms with E-state index in [9.17, 15) is 8.78 Å². The summed E-state index contributed by atoms with van der Waals surface area (Å²) in [5.41, 5.74) is 5.24. The Balaban J connectivity index is 0.000000212. The largest absolute Gasteiger partial charge is 0.305 e. The van der Waals surface area contributed by atoms with Crippen LogP contribution in [0, 0.1) is 30.7 Å². The third kappa shape index (κ3) is 6.25. The van der Waals surface area contributed by atoms with Gasteiger partial charge >= 0.3 is 0 Å². The Hall–Kier alpha value is -3.60. The molecule has 5 rings (SSSR count). The Morgan fingerprint density at radius 1 is 0.794 bits per heavy atom. The predicted octanol–water partition coefficient (Wildman–Crippen LogP) is 6.74. The van der Waals surface area contributed by atoms with Crippen molar-refractivity contribution >= 4 is 0 Å². The third-order valence-electron chi connectivity index (χ3n) is 4.87. The first-order valence-electron chi connectivity index (χ1n) is 10.2. The molecular weight excluding hydrogens is 609 g/mol. The van der Waals surface area contributed by atoms with Gasteiger partial charge in [-0.2, -0.15) is 0 Å². The first kappa shape index (κ1) is 25.0. The van der Waals surface area contributed by atoms with E-state index in [-0.39, 0.29) is 25.7 Å². The van der Waals surface area contributed by atoms with Crippen molar-refractivity contribution in [1.82, 2.24) is 15.0 Å². The van der Waals surface area contributed by atoms with E-state index in [1.54, 1.807) is 30.9 Å². The molecule has 171 valence electrons. The van der Waals surface area contributed by atoms with Gasteiger partial charge < -0.3 is 9.97 Å². The van der Waals surface area contributed by atoms with Gasteiger partial charge in [-0.15, -0.1) is 54.1 Å². The molecule has 0 atom stereocenters. The van der Waals surface area contributed by atoms with Crippen molar-refractivity contribution in [1.29, 1.82) is 0 Å². The van der Waals surface area contributed by atoms with E-state index in [2.05, 4.69) is 27.1 Å². The molecule has 1 radical (unpaired) electrons. The van der Waals surface area contributed by atoms with Crippen LogP contribution in [0.5, 0.6) is 0 Å². The van der Waals surface area contributed by atoms with Crippen LogP contribution < -0.4 is 0 Å². The summed E-state index contributed by atoms with van der Waals surface area (Å²) >= 11 is 0. The maximum Gasteiger partial charge on any atom is 0.0407 e. The average molecular weight is 628 g/mol. The standard InChI is InChI=1S/C17H11F2N2.C11H8N.Ir/c1-11-8-17(14-9-13(18)2-3-16(14)19)21-10-15(11)12-4-6-20-7-5-12;1-2-6-10(7-3-1)11-8-4-5-9-12-11;/h2-8,10H,1H3;1-6,8-9H;/q2*-1;. The summed E-state index contributed by atoms with van der Waals surface area (Å²) < 4.78 is 27.0. The summed E-state index contributed by atoms with van der Waals surface area (Å²) in [6.45, 7) is 1.90. The number of hydrogen-bond donors (Lipinski definition) is 0. The van der Waals surface area contributed by atoms with E-state index in [0.717, 1.165) is 40.1 Å². The Bertz CT molecular complexity index is 1290. The fourth-order valence-corrected chi connectivity index (χ4v) is 3.24. The molecule has 6 heteroatoms. The minimum absolute atomic E-state index is 0. The minimum atomic E-state index is -0.607. The molecule has 0 saturated carbocycles. The van der Waals surface area contributed by atoms with Crippen molar-refractivity contribution in [2.45, 2.75) is 6.92 Å². The van der Waals surface area contributed by atoms with Gasteiger partial charge in [0.05, 0.1) is 0 Å². The molecule has 0 fully saturated rings. The number of aromatic nitrogens is 3. The van der Waals surface area contributed by atoms with Crippen molar-refractivity contribution in [2.75, 3.05) is 0 Å². The Morgan fingerprint density at radius 3 is 2.26 bits per heavy atom. The van der Waals surface area contributed by atoms with Gasteiger partial charge in [-0.3, -0.25) is 9.37 Å². The van der Waals surface area contributed by atoms with Gasteiger partial charge in [0, 0.05) is 62.1 Å². The minimum Gasteiger partial charge on any atom is -0.305 e. The molecule has 3 nitrogen and oxygen atoms in total. The monoisotopic (exact) mass is 628 g/mol. The number of benzene rings is 2. The maximum atomic E-state index is 13.8. The second-order valence-corrected chi connectivity index (χ2v) is 7.14. The number of nitrogens with zero attached hydrogens (tertiary/aromatic N) is 3. The van der Waals surface area contributed by atoms with Gasteiger partial charge in [0.1, 0.15) is 0 Å². The summed E-state index contributed by atoms with van der Waals surface area (Å²) in [7, 11) is 0. The molecule has 0 aliphatic rings. The van der Waals surface area contributed by atoms with Crippen LogP contribution in [-0.2, 0) is 20.1 Å². The SMILES string of the molecule is Cc1cc(-c2[c-]c(F)ccc2F)ncc1-c1ccncc1.[Ir].[c-]1ccccc1-c1ccccn1. The normalized spacial score (nSPS) is 9.97. The second kappa shape index (κ2) is 12.0.